The standard InChI is InChI=1S/C15H21NOS/c1-12(2)10-16(13-8-9-13)15(17)11-18-14-6-4-3-5-7-14/h3-7,12-13H,8-11H2,1-2H3. The summed E-state index contributed by atoms with van der Waals surface area (Å²) in [6.45, 7) is 5.25. The van der Waals surface area contributed by atoms with Gasteiger partial charge in [0.15, 0.2) is 0 Å². The largest absolute Gasteiger partial charge is 0.339 e. The molecule has 0 aliphatic heterocycles. The third kappa shape index (κ3) is 4.05. The Hall–Kier alpha value is -0.960. The van der Waals surface area contributed by atoms with E-state index < -0.39 is 0 Å². The first kappa shape index (κ1) is 13.5. The Kier molecular flexibility index (Phi) is 4.70. The molecule has 1 aromatic carbocycles. The second kappa shape index (κ2) is 6.28. The molecule has 1 aliphatic rings. The first-order valence-corrected chi connectivity index (χ1v) is 7.62. The average molecular weight is 263 g/mol. The van der Waals surface area contributed by atoms with Crippen LogP contribution in [0.5, 0.6) is 0 Å². The molecule has 0 N–H and O–H groups in total. The summed E-state index contributed by atoms with van der Waals surface area (Å²) in [6.07, 6.45) is 2.38. The minimum absolute atomic E-state index is 0.292. The van der Waals surface area contributed by atoms with Gasteiger partial charge >= 0.3 is 0 Å². The van der Waals surface area contributed by atoms with Gasteiger partial charge in [0.05, 0.1) is 5.75 Å². The summed E-state index contributed by atoms with van der Waals surface area (Å²) >= 11 is 1.64. The molecule has 1 fully saturated rings. The van der Waals surface area contributed by atoms with Crippen LogP contribution < -0.4 is 0 Å². The SMILES string of the molecule is CC(C)CN(C(=O)CSc1ccccc1)C1CC1. The first-order valence-electron chi connectivity index (χ1n) is 6.64. The number of benzene rings is 1. The molecule has 0 atom stereocenters. The van der Waals surface area contributed by atoms with Crippen LogP contribution in [0.2, 0.25) is 0 Å². The van der Waals surface area contributed by atoms with Crippen LogP contribution in [0, 0.1) is 5.92 Å². The number of amides is 1. The molecule has 1 amide bonds. The second-order valence-corrected chi connectivity index (χ2v) is 6.32. The van der Waals surface area contributed by atoms with E-state index in [4.69, 9.17) is 0 Å². The summed E-state index contributed by atoms with van der Waals surface area (Å²) in [5.74, 6) is 1.41. The minimum atomic E-state index is 0.292. The lowest BCUT2D eigenvalue weighted by atomic mass is 10.2. The van der Waals surface area contributed by atoms with Gasteiger partial charge in [0.2, 0.25) is 5.91 Å². The first-order chi connectivity index (χ1) is 8.66. The quantitative estimate of drug-likeness (QED) is 0.733. The summed E-state index contributed by atoms with van der Waals surface area (Å²) in [5, 5.41) is 0. The molecule has 0 bridgehead atoms. The van der Waals surface area contributed by atoms with Crippen molar-refractivity contribution in [2.24, 2.45) is 5.92 Å². The molecule has 3 heteroatoms. The summed E-state index contributed by atoms with van der Waals surface area (Å²) < 4.78 is 0. The Labute approximate surface area is 114 Å². The Morgan fingerprint density at radius 2 is 2.00 bits per heavy atom. The van der Waals surface area contributed by atoms with Crippen molar-refractivity contribution < 1.29 is 4.79 Å². The van der Waals surface area contributed by atoms with Crippen LogP contribution >= 0.6 is 11.8 Å². The Bertz CT molecular complexity index is 387. The molecule has 18 heavy (non-hydrogen) atoms. The van der Waals surface area contributed by atoms with Crippen LogP contribution in [0.15, 0.2) is 35.2 Å². The van der Waals surface area contributed by atoms with Crippen molar-refractivity contribution in [1.29, 1.82) is 0 Å². The van der Waals surface area contributed by atoms with Gasteiger partial charge in [-0.15, -0.1) is 11.8 Å². The maximum absolute atomic E-state index is 12.2. The Morgan fingerprint density at radius 1 is 1.33 bits per heavy atom. The predicted octanol–water partition coefficient (Wildman–Crippen LogP) is 3.43. The van der Waals surface area contributed by atoms with E-state index >= 15 is 0 Å². The van der Waals surface area contributed by atoms with E-state index in [2.05, 4.69) is 30.9 Å². The molecule has 1 aliphatic carbocycles. The predicted molar refractivity (Wildman–Crippen MR) is 76.7 cm³/mol. The van der Waals surface area contributed by atoms with Gasteiger partial charge in [-0.1, -0.05) is 32.0 Å². The highest BCUT2D eigenvalue weighted by atomic mass is 32.2. The maximum Gasteiger partial charge on any atom is 0.233 e. The summed E-state index contributed by atoms with van der Waals surface area (Å²) in [6, 6.07) is 10.7. The van der Waals surface area contributed by atoms with Crippen LogP contribution in [0.3, 0.4) is 0 Å². The Morgan fingerprint density at radius 3 is 2.56 bits per heavy atom. The molecule has 2 nitrogen and oxygen atoms in total. The fourth-order valence-corrected chi connectivity index (χ4v) is 2.78. The number of hydrogen-bond donors (Lipinski definition) is 0. The van der Waals surface area contributed by atoms with Gasteiger partial charge in [-0.2, -0.15) is 0 Å². The molecule has 1 saturated carbocycles. The lowest BCUT2D eigenvalue weighted by Crippen LogP contribution is -2.37. The van der Waals surface area contributed by atoms with Crippen LogP contribution in [0.1, 0.15) is 26.7 Å². The lowest BCUT2D eigenvalue weighted by Gasteiger charge is -2.24. The van der Waals surface area contributed by atoms with Crippen molar-refractivity contribution in [1.82, 2.24) is 4.90 Å². The smallest absolute Gasteiger partial charge is 0.233 e. The van der Waals surface area contributed by atoms with Gasteiger partial charge in [-0.3, -0.25) is 4.79 Å². The molecule has 1 aromatic rings. The van der Waals surface area contributed by atoms with Gasteiger partial charge in [-0.25, -0.2) is 0 Å². The van der Waals surface area contributed by atoms with Crippen molar-refractivity contribution >= 4 is 17.7 Å². The van der Waals surface area contributed by atoms with Crippen molar-refractivity contribution in [3.63, 3.8) is 0 Å². The van der Waals surface area contributed by atoms with E-state index in [9.17, 15) is 4.79 Å². The van der Waals surface area contributed by atoms with Gasteiger partial charge in [0, 0.05) is 17.5 Å². The molecular formula is C15H21NOS. The number of carbonyl (C=O) groups is 1. The zero-order valence-corrected chi connectivity index (χ0v) is 12.0. The van der Waals surface area contributed by atoms with Crippen molar-refractivity contribution in [3.05, 3.63) is 30.3 Å². The molecule has 2 rings (SSSR count). The zero-order chi connectivity index (χ0) is 13.0. The normalized spacial score (nSPS) is 14.8. The number of hydrogen-bond acceptors (Lipinski definition) is 2. The van der Waals surface area contributed by atoms with Gasteiger partial charge in [-0.05, 0) is 30.9 Å². The molecular weight excluding hydrogens is 242 g/mol. The van der Waals surface area contributed by atoms with E-state index in [-0.39, 0.29) is 0 Å². The third-order valence-corrected chi connectivity index (χ3v) is 3.97. The molecule has 0 aromatic heterocycles. The van der Waals surface area contributed by atoms with E-state index in [1.807, 2.05) is 18.2 Å². The van der Waals surface area contributed by atoms with E-state index in [0.29, 0.717) is 23.6 Å². The fourth-order valence-electron chi connectivity index (χ4n) is 1.98. The molecule has 0 spiro atoms. The average Bonchev–Trinajstić information content (AvgIpc) is 3.18. The highest BCUT2D eigenvalue weighted by Gasteiger charge is 2.32. The summed E-state index contributed by atoms with van der Waals surface area (Å²) in [7, 11) is 0. The molecule has 0 radical (unpaired) electrons. The number of rotatable bonds is 6. The van der Waals surface area contributed by atoms with Crippen LogP contribution in [0.25, 0.3) is 0 Å². The van der Waals surface area contributed by atoms with E-state index in [1.165, 1.54) is 17.7 Å². The lowest BCUT2D eigenvalue weighted by molar-refractivity contribution is -0.129. The molecule has 0 heterocycles. The fraction of sp³-hybridized carbons (Fsp3) is 0.533. The molecule has 98 valence electrons. The van der Waals surface area contributed by atoms with Crippen LogP contribution in [-0.2, 0) is 4.79 Å². The molecule has 0 unspecified atom stereocenters. The highest BCUT2D eigenvalue weighted by Crippen LogP contribution is 2.29. The van der Waals surface area contributed by atoms with Crippen LogP contribution in [-0.4, -0.2) is 29.1 Å². The van der Waals surface area contributed by atoms with E-state index in [1.54, 1.807) is 11.8 Å². The van der Waals surface area contributed by atoms with Crippen LogP contribution in [0.4, 0.5) is 0 Å². The van der Waals surface area contributed by atoms with Gasteiger partial charge < -0.3 is 4.90 Å². The summed E-state index contributed by atoms with van der Waals surface area (Å²) in [5.41, 5.74) is 0. The number of nitrogens with zero attached hydrogens (tertiary/aromatic N) is 1. The highest BCUT2D eigenvalue weighted by molar-refractivity contribution is 8.00. The van der Waals surface area contributed by atoms with Gasteiger partial charge in [0.1, 0.15) is 0 Å². The second-order valence-electron chi connectivity index (χ2n) is 5.27. The molecule has 0 saturated heterocycles. The topological polar surface area (TPSA) is 20.3 Å². The summed E-state index contributed by atoms with van der Waals surface area (Å²) in [4.78, 5) is 15.5. The van der Waals surface area contributed by atoms with Crippen molar-refractivity contribution in [3.8, 4) is 0 Å². The minimum Gasteiger partial charge on any atom is -0.339 e. The maximum atomic E-state index is 12.2. The zero-order valence-electron chi connectivity index (χ0n) is 11.1. The monoisotopic (exact) mass is 263 g/mol. The van der Waals surface area contributed by atoms with Crippen molar-refractivity contribution in [2.45, 2.75) is 37.6 Å². The van der Waals surface area contributed by atoms with Crippen molar-refractivity contribution in [2.75, 3.05) is 12.3 Å². The Balaban J connectivity index is 1.85. The third-order valence-electron chi connectivity index (χ3n) is 2.98. The number of carbonyl (C=O) groups excluding carboxylic acids is 1. The number of thioether (sulfide) groups is 1. The van der Waals surface area contributed by atoms with E-state index in [0.717, 1.165) is 6.54 Å². The van der Waals surface area contributed by atoms with Gasteiger partial charge in [0.25, 0.3) is 0 Å².